The van der Waals surface area contributed by atoms with Crippen LogP contribution in [0, 0.1) is 6.92 Å². The first-order valence-corrected chi connectivity index (χ1v) is 6.94. The molecular weight excluding hydrogens is 284 g/mol. The summed E-state index contributed by atoms with van der Waals surface area (Å²) in [5, 5.41) is 15.6. The zero-order valence-corrected chi connectivity index (χ0v) is 12.0. The van der Waals surface area contributed by atoms with Crippen LogP contribution in [-0.2, 0) is 0 Å². The summed E-state index contributed by atoms with van der Waals surface area (Å²) in [6.45, 7) is 3.75. The van der Waals surface area contributed by atoms with Crippen LogP contribution in [0.3, 0.4) is 0 Å². The van der Waals surface area contributed by atoms with Gasteiger partial charge in [0.15, 0.2) is 0 Å². The van der Waals surface area contributed by atoms with Crippen molar-refractivity contribution in [2.24, 2.45) is 0 Å². The van der Waals surface area contributed by atoms with Crippen LogP contribution < -0.4 is 5.32 Å². The molecule has 0 fully saturated rings. The molecule has 0 aliphatic rings. The van der Waals surface area contributed by atoms with Crippen molar-refractivity contribution >= 4 is 28.8 Å². The third-order valence-electron chi connectivity index (χ3n) is 2.56. The highest BCUT2D eigenvalue weighted by Crippen LogP contribution is 2.23. The van der Waals surface area contributed by atoms with E-state index in [-0.39, 0.29) is 23.3 Å². The molecule has 0 radical (unpaired) electrons. The van der Waals surface area contributed by atoms with E-state index >= 15 is 0 Å². The molecule has 100 valence electrons. The first-order valence-electron chi connectivity index (χ1n) is 5.69. The summed E-state index contributed by atoms with van der Waals surface area (Å²) in [5.74, 6) is -0.484. The number of benzene rings is 1. The smallest absolute Gasteiger partial charge is 0.255 e. The summed E-state index contributed by atoms with van der Waals surface area (Å²) in [4.78, 5) is 16.3. The average molecular weight is 297 g/mol. The Balaban J connectivity index is 2.12. The van der Waals surface area contributed by atoms with E-state index in [1.165, 1.54) is 23.5 Å². The Morgan fingerprint density at radius 2 is 2.26 bits per heavy atom. The van der Waals surface area contributed by atoms with Gasteiger partial charge in [-0.05, 0) is 32.0 Å². The number of hydrogen-bond acceptors (Lipinski definition) is 4. The fourth-order valence-corrected chi connectivity index (χ4v) is 2.57. The first kappa shape index (κ1) is 13.8. The standard InChI is InChI=1S/C13H13ClN2O2S/c1-7-6-19-13(15-7)8(2)16-12(18)10-4-3-9(14)5-11(10)17/h3-6,8,17H,1-2H3,(H,16,18). The summed E-state index contributed by atoms with van der Waals surface area (Å²) in [7, 11) is 0. The zero-order valence-electron chi connectivity index (χ0n) is 10.5. The lowest BCUT2D eigenvalue weighted by Gasteiger charge is -2.12. The Morgan fingerprint density at radius 3 is 2.84 bits per heavy atom. The van der Waals surface area contributed by atoms with Gasteiger partial charge in [-0.2, -0.15) is 0 Å². The number of aryl methyl sites for hydroxylation is 1. The number of phenolic OH excluding ortho intramolecular Hbond substituents is 1. The molecule has 0 saturated carbocycles. The van der Waals surface area contributed by atoms with Gasteiger partial charge in [0.1, 0.15) is 10.8 Å². The first-order chi connectivity index (χ1) is 8.97. The number of carbonyl (C=O) groups is 1. The predicted octanol–water partition coefficient (Wildman–Crippen LogP) is 3.30. The average Bonchev–Trinajstić information content (AvgIpc) is 2.75. The van der Waals surface area contributed by atoms with E-state index in [2.05, 4.69) is 10.3 Å². The number of aromatic hydroxyl groups is 1. The number of thiazole rings is 1. The van der Waals surface area contributed by atoms with Gasteiger partial charge in [0.2, 0.25) is 0 Å². The normalized spacial score (nSPS) is 12.2. The molecular formula is C13H13ClN2O2S. The van der Waals surface area contributed by atoms with Crippen molar-refractivity contribution in [1.82, 2.24) is 10.3 Å². The summed E-state index contributed by atoms with van der Waals surface area (Å²) in [6, 6.07) is 4.19. The third-order valence-corrected chi connectivity index (χ3v) is 3.94. The molecule has 0 aliphatic heterocycles. The topological polar surface area (TPSA) is 62.2 Å². The molecule has 1 heterocycles. The van der Waals surface area contributed by atoms with Gasteiger partial charge in [0, 0.05) is 16.1 Å². The van der Waals surface area contributed by atoms with Crippen LogP contribution in [0.15, 0.2) is 23.6 Å². The minimum absolute atomic E-state index is 0.132. The summed E-state index contributed by atoms with van der Waals surface area (Å²) >= 11 is 7.22. The van der Waals surface area contributed by atoms with Crippen LogP contribution in [0.1, 0.15) is 34.0 Å². The number of amides is 1. The van der Waals surface area contributed by atoms with Crippen LogP contribution in [0.2, 0.25) is 5.02 Å². The van der Waals surface area contributed by atoms with Crippen molar-refractivity contribution in [2.45, 2.75) is 19.9 Å². The molecule has 0 spiro atoms. The number of phenols is 1. The molecule has 1 aromatic heterocycles. The van der Waals surface area contributed by atoms with Crippen molar-refractivity contribution in [3.63, 3.8) is 0 Å². The predicted molar refractivity (Wildman–Crippen MR) is 75.8 cm³/mol. The maximum atomic E-state index is 12.0. The molecule has 1 unspecified atom stereocenters. The van der Waals surface area contributed by atoms with Crippen molar-refractivity contribution < 1.29 is 9.90 Å². The van der Waals surface area contributed by atoms with Gasteiger partial charge in [0.25, 0.3) is 5.91 Å². The second-order valence-corrected chi connectivity index (χ2v) is 5.51. The summed E-state index contributed by atoms with van der Waals surface area (Å²) < 4.78 is 0. The number of rotatable bonds is 3. The van der Waals surface area contributed by atoms with E-state index in [4.69, 9.17) is 11.6 Å². The van der Waals surface area contributed by atoms with E-state index in [0.29, 0.717) is 5.02 Å². The monoisotopic (exact) mass is 296 g/mol. The van der Waals surface area contributed by atoms with Crippen molar-refractivity contribution in [1.29, 1.82) is 0 Å². The van der Waals surface area contributed by atoms with Gasteiger partial charge >= 0.3 is 0 Å². The molecule has 0 saturated heterocycles. The molecule has 4 nitrogen and oxygen atoms in total. The van der Waals surface area contributed by atoms with Gasteiger partial charge in [-0.25, -0.2) is 4.98 Å². The van der Waals surface area contributed by atoms with Crippen LogP contribution in [0.4, 0.5) is 0 Å². The van der Waals surface area contributed by atoms with Crippen LogP contribution >= 0.6 is 22.9 Å². The van der Waals surface area contributed by atoms with E-state index < -0.39 is 0 Å². The third kappa shape index (κ3) is 3.24. The number of nitrogens with one attached hydrogen (secondary N) is 1. The second kappa shape index (κ2) is 5.59. The number of hydrogen-bond donors (Lipinski definition) is 2. The molecule has 0 aliphatic carbocycles. The Labute approximate surface area is 120 Å². The molecule has 6 heteroatoms. The minimum atomic E-state index is -0.352. The number of aromatic nitrogens is 1. The van der Waals surface area contributed by atoms with Gasteiger partial charge in [-0.1, -0.05) is 11.6 Å². The number of nitrogens with zero attached hydrogens (tertiary/aromatic N) is 1. The Kier molecular flexibility index (Phi) is 4.07. The molecule has 1 aromatic carbocycles. The molecule has 0 bridgehead atoms. The van der Waals surface area contributed by atoms with Gasteiger partial charge in [0.05, 0.1) is 11.6 Å². The van der Waals surface area contributed by atoms with Crippen molar-refractivity contribution in [3.05, 3.63) is 44.9 Å². The summed E-state index contributed by atoms with van der Waals surface area (Å²) in [5.41, 5.74) is 1.12. The fraction of sp³-hybridized carbons (Fsp3) is 0.231. The highest BCUT2D eigenvalue weighted by atomic mass is 35.5. The lowest BCUT2D eigenvalue weighted by molar-refractivity contribution is 0.0937. The molecule has 2 N–H and O–H groups in total. The molecule has 2 aromatic rings. The number of carbonyl (C=O) groups excluding carboxylic acids is 1. The second-order valence-electron chi connectivity index (χ2n) is 4.18. The lowest BCUT2D eigenvalue weighted by Crippen LogP contribution is -2.26. The highest BCUT2D eigenvalue weighted by molar-refractivity contribution is 7.09. The minimum Gasteiger partial charge on any atom is -0.507 e. The fourth-order valence-electron chi connectivity index (χ4n) is 1.60. The number of halogens is 1. The van der Waals surface area contributed by atoms with Crippen molar-refractivity contribution in [3.8, 4) is 5.75 Å². The molecule has 1 atom stereocenters. The zero-order chi connectivity index (χ0) is 14.0. The van der Waals surface area contributed by atoms with E-state index in [1.54, 1.807) is 6.07 Å². The van der Waals surface area contributed by atoms with Gasteiger partial charge < -0.3 is 10.4 Å². The van der Waals surface area contributed by atoms with E-state index in [0.717, 1.165) is 10.7 Å². The molecule has 2 rings (SSSR count). The van der Waals surface area contributed by atoms with Crippen LogP contribution in [0.25, 0.3) is 0 Å². The van der Waals surface area contributed by atoms with E-state index in [9.17, 15) is 9.90 Å². The van der Waals surface area contributed by atoms with Gasteiger partial charge in [-0.15, -0.1) is 11.3 Å². The maximum Gasteiger partial charge on any atom is 0.255 e. The largest absolute Gasteiger partial charge is 0.507 e. The van der Waals surface area contributed by atoms with Crippen molar-refractivity contribution in [2.75, 3.05) is 0 Å². The Hall–Kier alpha value is -1.59. The molecule has 19 heavy (non-hydrogen) atoms. The Bertz CT molecular complexity index is 612. The van der Waals surface area contributed by atoms with Crippen LogP contribution in [0.5, 0.6) is 5.75 Å². The quantitative estimate of drug-likeness (QED) is 0.913. The van der Waals surface area contributed by atoms with E-state index in [1.807, 2.05) is 19.2 Å². The lowest BCUT2D eigenvalue weighted by atomic mass is 10.2. The summed E-state index contributed by atoms with van der Waals surface area (Å²) in [6.07, 6.45) is 0. The molecule has 1 amide bonds. The van der Waals surface area contributed by atoms with Crippen LogP contribution in [-0.4, -0.2) is 16.0 Å². The van der Waals surface area contributed by atoms with Gasteiger partial charge in [-0.3, -0.25) is 4.79 Å². The maximum absolute atomic E-state index is 12.0. The Morgan fingerprint density at radius 1 is 1.53 bits per heavy atom. The SMILES string of the molecule is Cc1csc(C(C)NC(=O)c2ccc(Cl)cc2O)n1. The highest BCUT2D eigenvalue weighted by Gasteiger charge is 2.16.